The molecule has 1 saturated heterocycles. The summed E-state index contributed by atoms with van der Waals surface area (Å²) in [6.07, 6.45) is 0.800. The predicted molar refractivity (Wildman–Crippen MR) is 92.3 cm³/mol. The molecule has 1 amide bonds. The number of aromatic amines is 1. The molecule has 134 valence electrons. The summed E-state index contributed by atoms with van der Waals surface area (Å²) in [7, 11) is 0. The molecule has 2 aliphatic rings. The fourth-order valence-corrected chi connectivity index (χ4v) is 4.04. The number of β-amino-alcohol motifs (C(OH)–C–C–N with tert-alkyl or cyclic N) is 1. The summed E-state index contributed by atoms with van der Waals surface area (Å²) >= 11 is 6.09. The SMILES string of the molecule is O=C(CO)N1CCc2[nH]c3c(F)c(Cl)cc(N4CCC(O)C4)c3c2C1. The highest BCUT2D eigenvalue weighted by molar-refractivity contribution is 6.32. The van der Waals surface area contributed by atoms with Crippen molar-refractivity contribution in [3.05, 3.63) is 28.2 Å². The number of aromatic nitrogens is 1. The Labute approximate surface area is 148 Å². The second kappa shape index (κ2) is 6.16. The highest BCUT2D eigenvalue weighted by atomic mass is 35.5. The Balaban J connectivity index is 1.87. The van der Waals surface area contributed by atoms with E-state index >= 15 is 0 Å². The number of aliphatic hydroxyl groups is 2. The molecule has 4 rings (SSSR count). The number of benzene rings is 1. The van der Waals surface area contributed by atoms with Gasteiger partial charge in [-0.25, -0.2) is 4.39 Å². The molecule has 8 heteroatoms. The summed E-state index contributed by atoms with van der Waals surface area (Å²) in [4.78, 5) is 18.6. The summed E-state index contributed by atoms with van der Waals surface area (Å²) in [6.45, 7) is 1.39. The molecule has 0 spiro atoms. The topological polar surface area (TPSA) is 79.8 Å². The van der Waals surface area contributed by atoms with Gasteiger partial charge in [-0.15, -0.1) is 0 Å². The number of rotatable bonds is 2. The summed E-state index contributed by atoms with van der Waals surface area (Å²) in [5, 5.41) is 19.7. The first-order valence-corrected chi connectivity index (χ1v) is 8.70. The van der Waals surface area contributed by atoms with Crippen molar-refractivity contribution in [2.24, 2.45) is 0 Å². The molecule has 1 fully saturated rings. The molecule has 1 unspecified atom stereocenters. The molecular weight excluding hydrogens is 349 g/mol. The van der Waals surface area contributed by atoms with Gasteiger partial charge in [-0.1, -0.05) is 11.6 Å². The third-order valence-electron chi connectivity index (χ3n) is 5.11. The normalized spacial score (nSPS) is 20.4. The fourth-order valence-electron chi connectivity index (χ4n) is 3.84. The van der Waals surface area contributed by atoms with Gasteiger partial charge in [0.25, 0.3) is 0 Å². The number of nitrogens with zero attached hydrogens (tertiary/aromatic N) is 2. The molecular formula is C17H19ClFN3O3. The van der Waals surface area contributed by atoms with Crippen LogP contribution in [0.3, 0.4) is 0 Å². The van der Waals surface area contributed by atoms with Crippen molar-refractivity contribution in [2.45, 2.75) is 25.5 Å². The maximum atomic E-state index is 14.6. The minimum atomic E-state index is -0.539. The van der Waals surface area contributed by atoms with Crippen LogP contribution < -0.4 is 4.90 Å². The van der Waals surface area contributed by atoms with E-state index in [1.54, 1.807) is 11.0 Å². The van der Waals surface area contributed by atoms with Crippen LogP contribution in [0.25, 0.3) is 10.9 Å². The Kier molecular flexibility index (Phi) is 4.10. The van der Waals surface area contributed by atoms with E-state index in [4.69, 9.17) is 16.7 Å². The van der Waals surface area contributed by atoms with E-state index in [0.29, 0.717) is 49.9 Å². The third kappa shape index (κ3) is 2.67. The second-order valence-electron chi connectivity index (χ2n) is 6.64. The van der Waals surface area contributed by atoms with Crippen LogP contribution in [0.4, 0.5) is 10.1 Å². The van der Waals surface area contributed by atoms with Crippen molar-refractivity contribution >= 4 is 34.1 Å². The zero-order chi connectivity index (χ0) is 17.7. The molecule has 0 bridgehead atoms. The number of amides is 1. The van der Waals surface area contributed by atoms with E-state index in [1.807, 2.05) is 4.90 Å². The summed E-state index contributed by atoms with van der Waals surface area (Å²) in [5.74, 6) is -0.845. The smallest absolute Gasteiger partial charge is 0.248 e. The number of hydrogen-bond acceptors (Lipinski definition) is 4. The highest BCUT2D eigenvalue weighted by Crippen LogP contribution is 2.40. The van der Waals surface area contributed by atoms with Gasteiger partial charge in [-0.2, -0.15) is 0 Å². The Morgan fingerprint density at radius 1 is 1.44 bits per heavy atom. The number of H-pyrrole nitrogens is 1. The van der Waals surface area contributed by atoms with Crippen molar-refractivity contribution in [2.75, 3.05) is 31.1 Å². The first kappa shape index (κ1) is 16.6. The average Bonchev–Trinajstić information content (AvgIpc) is 3.20. The molecule has 2 aliphatic heterocycles. The van der Waals surface area contributed by atoms with Crippen LogP contribution in [0, 0.1) is 5.82 Å². The second-order valence-corrected chi connectivity index (χ2v) is 7.04. The molecule has 1 atom stereocenters. The molecule has 1 aromatic heterocycles. The van der Waals surface area contributed by atoms with Gasteiger partial charge in [0.15, 0.2) is 5.82 Å². The van der Waals surface area contributed by atoms with Crippen LogP contribution in [0.2, 0.25) is 5.02 Å². The average molecular weight is 368 g/mol. The van der Waals surface area contributed by atoms with Gasteiger partial charge in [0, 0.05) is 54.9 Å². The Morgan fingerprint density at radius 3 is 2.92 bits per heavy atom. The molecule has 0 saturated carbocycles. The van der Waals surface area contributed by atoms with Crippen LogP contribution in [0.5, 0.6) is 0 Å². The molecule has 0 radical (unpaired) electrons. The van der Waals surface area contributed by atoms with E-state index in [2.05, 4.69) is 4.98 Å². The van der Waals surface area contributed by atoms with Crippen LogP contribution in [0.15, 0.2) is 6.07 Å². The summed E-state index contributed by atoms with van der Waals surface area (Å²) < 4.78 is 14.6. The van der Waals surface area contributed by atoms with Crippen LogP contribution in [-0.4, -0.2) is 58.3 Å². The number of halogens is 2. The number of carbonyl (C=O) groups excluding carboxylic acids is 1. The molecule has 0 aliphatic carbocycles. The highest BCUT2D eigenvalue weighted by Gasteiger charge is 2.30. The lowest BCUT2D eigenvalue weighted by Crippen LogP contribution is -2.37. The first-order valence-electron chi connectivity index (χ1n) is 8.32. The van der Waals surface area contributed by atoms with Crippen LogP contribution in [-0.2, 0) is 17.8 Å². The largest absolute Gasteiger partial charge is 0.391 e. The zero-order valence-corrected chi connectivity index (χ0v) is 14.3. The molecule has 2 aromatic rings. The van der Waals surface area contributed by atoms with Crippen LogP contribution >= 0.6 is 11.6 Å². The van der Waals surface area contributed by atoms with Crippen molar-refractivity contribution in [1.29, 1.82) is 0 Å². The number of nitrogens with one attached hydrogen (secondary N) is 1. The fraction of sp³-hybridized carbons (Fsp3) is 0.471. The maximum Gasteiger partial charge on any atom is 0.248 e. The minimum Gasteiger partial charge on any atom is -0.391 e. The van der Waals surface area contributed by atoms with Gasteiger partial charge >= 0.3 is 0 Å². The van der Waals surface area contributed by atoms with E-state index in [9.17, 15) is 14.3 Å². The monoisotopic (exact) mass is 367 g/mol. The number of fused-ring (bicyclic) bond motifs is 3. The predicted octanol–water partition coefficient (Wildman–Crippen LogP) is 1.41. The Morgan fingerprint density at radius 2 is 2.24 bits per heavy atom. The van der Waals surface area contributed by atoms with Gasteiger partial charge in [0.2, 0.25) is 5.91 Å². The lowest BCUT2D eigenvalue weighted by atomic mass is 10.0. The number of aliphatic hydroxyl groups excluding tert-OH is 2. The molecule has 25 heavy (non-hydrogen) atoms. The van der Waals surface area contributed by atoms with Gasteiger partial charge in [-0.05, 0) is 12.5 Å². The van der Waals surface area contributed by atoms with E-state index in [1.165, 1.54) is 0 Å². The third-order valence-corrected chi connectivity index (χ3v) is 5.39. The molecule has 3 heterocycles. The molecule has 6 nitrogen and oxygen atoms in total. The van der Waals surface area contributed by atoms with Crippen molar-refractivity contribution in [3.8, 4) is 0 Å². The summed E-state index contributed by atoms with van der Waals surface area (Å²) in [5.41, 5.74) is 2.86. The van der Waals surface area contributed by atoms with E-state index < -0.39 is 18.5 Å². The van der Waals surface area contributed by atoms with Crippen molar-refractivity contribution < 1.29 is 19.4 Å². The van der Waals surface area contributed by atoms with E-state index in [0.717, 1.165) is 16.9 Å². The quantitative estimate of drug-likeness (QED) is 0.749. The standard InChI is InChI=1S/C17H19ClFN3O3/c18-11-5-13(21-3-1-9(24)6-21)15-10-7-22(14(25)8-23)4-2-12(10)20-17(15)16(11)19/h5,9,20,23-24H,1-4,6-8H2. The minimum absolute atomic E-state index is 0.0331. The maximum absolute atomic E-state index is 14.6. The Bertz CT molecular complexity index is 854. The lowest BCUT2D eigenvalue weighted by molar-refractivity contribution is -0.135. The summed E-state index contributed by atoms with van der Waals surface area (Å²) in [6, 6.07) is 1.60. The van der Waals surface area contributed by atoms with Gasteiger partial charge < -0.3 is 25.0 Å². The van der Waals surface area contributed by atoms with E-state index in [-0.39, 0.29) is 10.9 Å². The van der Waals surface area contributed by atoms with Gasteiger partial charge in [0.05, 0.1) is 16.6 Å². The van der Waals surface area contributed by atoms with Crippen LogP contribution in [0.1, 0.15) is 17.7 Å². The lowest BCUT2D eigenvalue weighted by Gasteiger charge is -2.27. The van der Waals surface area contributed by atoms with Gasteiger partial charge in [-0.3, -0.25) is 4.79 Å². The number of anilines is 1. The number of hydrogen-bond donors (Lipinski definition) is 3. The zero-order valence-electron chi connectivity index (χ0n) is 13.6. The molecule has 1 aromatic carbocycles. The first-order chi connectivity index (χ1) is 12.0. The Hall–Kier alpha value is -1.83. The van der Waals surface area contributed by atoms with Gasteiger partial charge in [0.1, 0.15) is 6.61 Å². The van der Waals surface area contributed by atoms with Crippen molar-refractivity contribution in [3.63, 3.8) is 0 Å². The molecule has 3 N–H and O–H groups in total. The number of carbonyl (C=O) groups is 1. The van der Waals surface area contributed by atoms with Crippen molar-refractivity contribution in [1.82, 2.24) is 9.88 Å².